The van der Waals surface area contributed by atoms with Crippen molar-refractivity contribution < 1.29 is 22.6 Å². The Morgan fingerprint density at radius 1 is 0.967 bits per heavy atom. The quantitative estimate of drug-likeness (QED) is 0.125. The molecule has 0 aromatic carbocycles. The highest BCUT2D eigenvalue weighted by molar-refractivity contribution is 7.90. The minimum atomic E-state index is -4.80. The van der Waals surface area contributed by atoms with Gasteiger partial charge in [-0.25, -0.2) is 0 Å². The third kappa shape index (κ3) is 9.31. The standard InChI is InChI=1S/C18H18N6O5S/c1-5-15(8-6-12(2)21-23-19)17(25)10-11-18(26)16(14(4)30(27,28)29)9-7-13(3)22-24-20/h5-11H,2,4H2,1,3H3,(H,27,28,29)/b8-6-,11-10+,13-7+,15-5+,16-9+. The van der Waals surface area contributed by atoms with Crippen molar-refractivity contribution in [1.82, 2.24) is 0 Å². The normalized spacial score (nSPS) is 13.0. The Kier molecular flexibility index (Phi) is 10.9. The van der Waals surface area contributed by atoms with Crippen LogP contribution in [0.25, 0.3) is 20.9 Å². The lowest BCUT2D eigenvalue weighted by atomic mass is 10.1. The maximum Gasteiger partial charge on any atom is 0.294 e. The average Bonchev–Trinajstić information content (AvgIpc) is 2.66. The molecule has 30 heavy (non-hydrogen) atoms. The number of hydrogen-bond acceptors (Lipinski definition) is 6. The fourth-order valence-electron chi connectivity index (χ4n) is 1.69. The van der Waals surface area contributed by atoms with Crippen LogP contribution in [0.1, 0.15) is 13.8 Å². The van der Waals surface area contributed by atoms with Gasteiger partial charge in [-0.15, -0.1) is 0 Å². The van der Waals surface area contributed by atoms with Crippen LogP contribution in [0, 0.1) is 0 Å². The fraction of sp³-hybridized carbons (Fsp3) is 0.111. The molecule has 0 saturated heterocycles. The first-order chi connectivity index (χ1) is 14.0. The first-order valence-electron chi connectivity index (χ1n) is 7.93. The van der Waals surface area contributed by atoms with Gasteiger partial charge in [0.05, 0.1) is 4.91 Å². The topological polar surface area (TPSA) is 186 Å². The van der Waals surface area contributed by atoms with Gasteiger partial charge in [-0.05, 0) is 43.1 Å². The molecule has 0 aliphatic carbocycles. The van der Waals surface area contributed by atoms with Crippen LogP contribution in [0.2, 0.25) is 0 Å². The summed E-state index contributed by atoms with van der Waals surface area (Å²) in [6, 6.07) is 0. The van der Waals surface area contributed by atoms with Crippen molar-refractivity contribution in [3.8, 4) is 0 Å². The maximum atomic E-state index is 12.4. The van der Waals surface area contributed by atoms with E-state index in [4.69, 9.17) is 15.6 Å². The summed E-state index contributed by atoms with van der Waals surface area (Å²) in [5, 5.41) is 6.49. The minimum Gasteiger partial charge on any atom is -0.289 e. The first-order valence-corrected chi connectivity index (χ1v) is 9.37. The van der Waals surface area contributed by atoms with Gasteiger partial charge in [0.1, 0.15) is 0 Å². The van der Waals surface area contributed by atoms with Gasteiger partial charge >= 0.3 is 0 Å². The van der Waals surface area contributed by atoms with E-state index in [2.05, 4.69) is 33.2 Å². The Morgan fingerprint density at radius 3 is 2.03 bits per heavy atom. The lowest BCUT2D eigenvalue weighted by molar-refractivity contribution is -0.113. The molecule has 0 aromatic rings. The molecule has 0 radical (unpaired) electrons. The van der Waals surface area contributed by atoms with Crippen LogP contribution in [-0.2, 0) is 19.7 Å². The van der Waals surface area contributed by atoms with Crippen molar-refractivity contribution in [2.24, 2.45) is 10.2 Å². The molecule has 0 aromatic heterocycles. The molecule has 0 heterocycles. The second kappa shape index (κ2) is 12.5. The van der Waals surface area contributed by atoms with Crippen LogP contribution in [0.15, 0.2) is 93.4 Å². The van der Waals surface area contributed by atoms with E-state index in [1.54, 1.807) is 6.92 Å². The molecule has 0 amide bonds. The molecule has 12 heteroatoms. The van der Waals surface area contributed by atoms with E-state index in [9.17, 15) is 18.0 Å². The van der Waals surface area contributed by atoms with Crippen LogP contribution in [0.3, 0.4) is 0 Å². The molecule has 0 bridgehead atoms. The van der Waals surface area contributed by atoms with Crippen molar-refractivity contribution >= 4 is 21.7 Å². The second-order valence-corrected chi connectivity index (χ2v) is 6.74. The Hall–Kier alpha value is -3.95. The summed E-state index contributed by atoms with van der Waals surface area (Å²) >= 11 is 0. The molecule has 156 valence electrons. The molecule has 0 spiro atoms. The molecule has 0 unspecified atom stereocenters. The van der Waals surface area contributed by atoms with Gasteiger partial charge in [0.15, 0.2) is 11.6 Å². The molecular formula is C18H18N6O5S. The molecule has 0 atom stereocenters. The summed E-state index contributed by atoms with van der Waals surface area (Å²) in [5.41, 5.74) is 16.4. The van der Waals surface area contributed by atoms with Gasteiger partial charge in [0.25, 0.3) is 10.1 Å². The van der Waals surface area contributed by atoms with Gasteiger partial charge in [-0.2, -0.15) is 8.42 Å². The predicted molar refractivity (Wildman–Crippen MR) is 112 cm³/mol. The minimum absolute atomic E-state index is 0.0570. The SMILES string of the molecule is C=C(/C=C\C(=C/C)C(=O)/C=C/C(=O)/C(=C/C=C(\C)N=[N+]=[N-])C(=C)S(=O)(=O)O)N=[N+]=[N-]. The number of allylic oxidation sites excluding steroid dienone is 10. The monoisotopic (exact) mass is 430 g/mol. The van der Waals surface area contributed by atoms with Crippen LogP contribution in [-0.4, -0.2) is 24.5 Å². The van der Waals surface area contributed by atoms with Crippen molar-refractivity contribution in [3.05, 3.63) is 104 Å². The summed E-state index contributed by atoms with van der Waals surface area (Å²) in [4.78, 5) is 28.8. The number of azide groups is 2. The van der Waals surface area contributed by atoms with Gasteiger partial charge < -0.3 is 0 Å². The number of ketones is 2. The number of rotatable bonds is 11. The summed E-state index contributed by atoms with van der Waals surface area (Å²) in [7, 11) is -4.80. The molecule has 0 aliphatic heterocycles. The van der Waals surface area contributed by atoms with E-state index in [0.29, 0.717) is 0 Å². The summed E-state index contributed by atoms with van der Waals surface area (Å²) in [6.45, 7) is 9.56. The van der Waals surface area contributed by atoms with Crippen LogP contribution >= 0.6 is 0 Å². The number of hydrogen-bond donors (Lipinski definition) is 1. The van der Waals surface area contributed by atoms with E-state index >= 15 is 0 Å². The Labute approximate surface area is 172 Å². The van der Waals surface area contributed by atoms with Crippen molar-refractivity contribution in [2.75, 3.05) is 0 Å². The average molecular weight is 430 g/mol. The zero-order valence-corrected chi connectivity index (χ0v) is 16.9. The molecule has 0 saturated carbocycles. The highest BCUT2D eigenvalue weighted by atomic mass is 32.2. The van der Waals surface area contributed by atoms with Gasteiger partial charge in [-0.1, -0.05) is 47.7 Å². The van der Waals surface area contributed by atoms with Crippen LogP contribution < -0.4 is 0 Å². The van der Waals surface area contributed by atoms with Gasteiger partial charge in [0.2, 0.25) is 0 Å². The van der Waals surface area contributed by atoms with E-state index in [1.165, 1.54) is 25.2 Å². The first kappa shape index (κ1) is 26.1. The zero-order chi connectivity index (χ0) is 23.3. The van der Waals surface area contributed by atoms with E-state index in [1.807, 2.05) is 0 Å². The second-order valence-electron chi connectivity index (χ2n) is 5.30. The summed E-state index contributed by atoms with van der Waals surface area (Å²) in [5.74, 6) is -1.57. The lowest BCUT2D eigenvalue weighted by Crippen LogP contribution is -2.10. The van der Waals surface area contributed by atoms with Crippen molar-refractivity contribution in [2.45, 2.75) is 13.8 Å². The summed E-state index contributed by atoms with van der Waals surface area (Å²) in [6.07, 6.45) is 7.83. The molecule has 0 aliphatic rings. The highest BCUT2D eigenvalue weighted by Gasteiger charge is 2.20. The van der Waals surface area contributed by atoms with Gasteiger partial charge in [0, 0.05) is 32.4 Å². The predicted octanol–water partition coefficient (Wildman–Crippen LogP) is 4.55. The molecule has 11 nitrogen and oxygen atoms in total. The molecular weight excluding hydrogens is 412 g/mol. The highest BCUT2D eigenvalue weighted by Crippen LogP contribution is 2.17. The Balaban J connectivity index is 5.88. The summed E-state index contributed by atoms with van der Waals surface area (Å²) < 4.78 is 31.9. The molecule has 0 fully saturated rings. The Morgan fingerprint density at radius 2 is 1.53 bits per heavy atom. The van der Waals surface area contributed by atoms with E-state index in [0.717, 1.165) is 24.3 Å². The molecule has 1 N–H and O–H groups in total. The Bertz CT molecular complexity index is 1110. The van der Waals surface area contributed by atoms with E-state index < -0.39 is 32.2 Å². The van der Waals surface area contributed by atoms with E-state index in [-0.39, 0.29) is 17.0 Å². The lowest BCUT2D eigenvalue weighted by Gasteiger charge is -2.04. The number of nitrogens with zero attached hydrogens (tertiary/aromatic N) is 6. The van der Waals surface area contributed by atoms with Crippen LogP contribution in [0.5, 0.6) is 0 Å². The van der Waals surface area contributed by atoms with Crippen molar-refractivity contribution in [1.29, 1.82) is 0 Å². The third-order valence-corrected chi connectivity index (χ3v) is 4.02. The van der Waals surface area contributed by atoms with Crippen molar-refractivity contribution in [3.63, 3.8) is 0 Å². The zero-order valence-electron chi connectivity index (χ0n) is 16.1. The van der Waals surface area contributed by atoms with Crippen LogP contribution in [0.4, 0.5) is 0 Å². The molecule has 0 rings (SSSR count). The maximum absolute atomic E-state index is 12.4. The van der Waals surface area contributed by atoms with Gasteiger partial charge in [-0.3, -0.25) is 14.1 Å². The third-order valence-electron chi connectivity index (χ3n) is 3.18. The smallest absolute Gasteiger partial charge is 0.289 e. The largest absolute Gasteiger partial charge is 0.294 e. The fourth-order valence-corrected chi connectivity index (χ4v) is 2.14. The number of carbonyl (C=O) groups excluding carboxylic acids is 2. The number of carbonyl (C=O) groups is 2.